The summed E-state index contributed by atoms with van der Waals surface area (Å²) in [6, 6.07) is -1.35. The highest BCUT2D eigenvalue weighted by molar-refractivity contribution is 7.99. The van der Waals surface area contributed by atoms with Crippen LogP contribution in [-0.4, -0.2) is 57.7 Å². The minimum absolute atomic E-state index is 0.229. The van der Waals surface area contributed by atoms with Gasteiger partial charge in [-0.2, -0.15) is 11.8 Å². The van der Waals surface area contributed by atoms with Gasteiger partial charge in [0.1, 0.15) is 17.2 Å². The van der Waals surface area contributed by atoms with E-state index in [1.165, 1.54) is 11.8 Å². The summed E-state index contributed by atoms with van der Waals surface area (Å²) >= 11 is 1.40. The Morgan fingerprint density at radius 1 is 0.964 bits per heavy atom. The molecule has 1 unspecified atom stereocenters. The van der Waals surface area contributed by atoms with Crippen LogP contribution in [0, 0.1) is 5.92 Å². The number of aliphatic carboxylic acids is 1. The molecular weight excluding hydrogens is 386 g/mol. The van der Waals surface area contributed by atoms with Crippen LogP contribution in [0.1, 0.15) is 61.3 Å². The van der Waals surface area contributed by atoms with E-state index in [0.29, 0.717) is 11.5 Å². The second kappa shape index (κ2) is 11.3. The van der Waals surface area contributed by atoms with E-state index in [-0.39, 0.29) is 12.4 Å². The third-order valence-electron chi connectivity index (χ3n) is 3.09. The number of hydrogen-bond acceptors (Lipinski definition) is 7. The molecule has 0 aromatic rings. The van der Waals surface area contributed by atoms with Crippen LogP contribution in [0.3, 0.4) is 0 Å². The minimum Gasteiger partial charge on any atom is -0.480 e. The summed E-state index contributed by atoms with van der Waals surface area (Å²) in [6.45, 7) is 12.1. The standard InChI is InChI=1S/C19H33NO7S/c1-12(11-28-9-8-14(21)26-18(2,3)4)16(23)20-13(17(24)25)10-15(22)27-19(5,6)7/h12-13H,8-11H2,1-7H3,(H,20,23)(H,24,25)/t12?,13-/m0/s1. The monoisotopic (exact) mass is 419 g/mol. The maximum atomic E-state index is 12.2. The smallest absolute Gasteiger partial charge is 0.326 e. The SMILES string of the molecule is CC(CSCCC(=O)OC(C)(C)C)C(=O)N[C@@H](CC(=O)OC(C)(C)C)C(=O)O. The highest BCUT2D eigenvalue weighted by Crippen LogP contribution is 2.14. The topological polar surface area (TPSA) is 119 Å². The van der Waals surface area contributed by atoms with Gasteiger partial charge in [-0.15, -0.1) is 0 Å². The molecule has 28 heavy (non-hydrogen) atoms. The summed E-state index contributed by atoms with van der Waals surface area (Å²) in [7, 11) is 0. The van der Waals surface area contributed by atoms with Crippen molar-refractivity contribution in [2.45, 2.75) is 78.6 Å². The molecule has 0 aliphatic rings. The highest BCUT2D eigenvalue weighted by atomic mass is 32.2. The molecule has 0 rings (SSSR count). The van der Waals surface area contributed by atoms with Crippen LogP contribution in [0.5, 0.6) is 0 Å². The lowest BCUT2D eigenvalue weighted by molar-refractivity contribution is -0.158. The van der Waals surface area contributed by atoms with E-state index in [0.717, 1.165) is 0 Å². The molecule has 9 heteroatoms. The summed E-state index contributed by atoms with van der Waals surface area (Å²) in [5, 5.41) is 11.6. The van der Waals surface area contributed by atoms with Crippen LogP contribution in [0.25, 0.3) is 0 Å². The first-order valence-corrected chi connectivity index (χ1v) is 10.3. The molecule has 0 radical (unpaired) electrons. The quantitative estimate of drug-likeness (QED) is 0.409. The first-order chi connectivity index (χ1) is 12.6. The van der Waals surface area contributed by atoms with Gasteiger partial charge in [0.2, 0.25) is 5.91 Å². The van der Waals surface area contributed by atoms with E-state index in [9.17, 15) is 24.3 Å². The third-order valence-corrected chi connectivity index (χ3v) is 4.32. The van der Waals surface area contributed by atoms with Crippen molar-refractivity contribution in [1.29, 1.82) is 0 Å². The zero-order valence-electron chi connectivity index (χ0n) is 17.8. The molecule has 8 nitrogen and oxygen atoms in total. The predicted octanol–water partition coefficient (Wildman–Crippen LogP) is 2.39. The minimum atomic E-state index is -1.35. The number of esters is 2. The largest absolute Gasteiger partial charge is 0.480 e. The van der Waals surface area contributed by atoms with E-state index >= 15 is 0 Å². The van der Waals surface area contributed by atoms with Crippen molar-refractivity contribution in [2.24, 2.45) is 5.92 Å². The van der Waals surface area contributed by atoms with Crippen LogP contribution in [0.15, 0.2) is 0 Å². The number of hydrogen-bond donors (Lipinski definition) is 2. The summed E-state index contributed by atoms with van der Waals surface area (Å²) in [5.74, 6) is -2.35. The number of thioether (sulfide) groups is 1. The first kappa shape index (κ1) is 26.2. The van der Waals surface area contributed by atoms with Crippen molar-refractivity contribution >= 4 is 35.6 Å². The summed E-state index contributed by atoms with van der Waals surface area (Å²) in [4.78, 5) is 47.0. The number of rotatable bonds is 10. The fraction of sp³-hybridized carbons (Fsp3) is 0.789. The number of carbonyl (C=O) groups excluding carboxylic acids is 3. The van der Waals surface area contributed by atoms with Gasteiger partial charge in [0.15, 0.2) is 0 Å². The van der Waals surface area contributed by atoms with Gasteiger partial charge < -0.3 is 19.9 Å². The van der Waals surface area contributed by atoms with E-state index in [1.807, 2.05) is 0 Å². The second-order valence-electron chi connectivity index (χ2n) is 8.50. The second-order valence-corrected chi connectivity index (χ2v) is 9.65. The molecule has 0 spiro atoms. The lowest BCUT2D eigenvalue weighted by atomic mass is 10.1. The average molecular weight is 420 g/mol. The molecule has 2 N–H and O–H groups in total. The summed E-state index contributed by atoms with van der Waals surface area (Å²) in [5.41, 5.74) is -1.27. The van der Waals surface area contributed by atoms with Crippen molar-refractivity contribution < 1.29 is 33.8 Å². The number of ether oxygens (including phenoxy) is 2. The van der Waals surface area contributed by atoms with Crippen LogP contribution in [0.4, 0.5) is 0 Å². The maximum Gasteiger partial charge on any atom is 0.326 e. The Kier molecular flexibility index (Phi) is 10.6. The fourth-order valence-corrected chi connectivity index (χ4v) is 2.93. The Morgan fingerprint density at radius 2 is 1.46 bits per heavy atom. The Labute approximate surface area is 171 Å². The van der Waals surface area contributed by atoms with Gasteiger partial charge in [0.05, 0.1) is 12.8 Å². The van der Waals surface area contributed by atoms with Crippen molar-refractivity contribution in [1.82, 2.24) is 5.32 Å². The highest BCUT2D eigenvalue weighted by Gasteiger charge is 2.28. The number of amides is 1. The molecule has 1 amide bonds. The zero-order valence-corrected chi connectivity index (χ0v) is 18.6. The Morgan fingerprint density at radius 3 is 1.93 bits per heavy atom. The Bertz CT molecular complexity index is 564. The van der Waals surface area contributed by atoms with E-state index in [1.54, 1.807) is 48.5 Å². The van der Waals surface area contributed by atoms with Gasteiger partial charge in [-0.1, -0.05) is 6.92 Å². The molecule has 2 atom stereocenters. The van der Waals surface area contributed by atoms with E-state index in [2.05, 4.69) is 5.32 Å². The Hall–Kier alpha value is -1.77. The molecule has 162 valence electrons. The lowest BCUT2D eigenvalue weighted by Crippen LogP contribution is -2.45. The van der Waals surface area contributed by atoms with Crippen molar-refractivity contribution in [3.63, 3.8) is 0 Å². The molecule has 0 aliphatic heterocycles. The molecule has 0 aromatic carbocycles. The molecule has 0 bridgehead atoms. The lowest BCUT2D eigenvalue weighted by Gasteiger charge is -2.22. The van der Waals surface area contributed by atoms with Crippen LogP contribution in [0.2, 0.25) is 0 Å². The molecular formula is C19H33NO7S. The normalized spacial score (nSPS) is 14.0. The van der Waals surface area contributed by atoms with Gasteiger partial charge in [-0.05, 0) is 41.5 Å². The van der Waals surface area contributed by atoms with E-state index in [4.69, 9.17) is 9.47 Å². The number of carboxylic acids is 1. The van der Waals surface area contributed by atoms with Crippen molar-refractivity contribution in [3.8, 4) is 0 Å². The molecule has 0 heterocycles. The van der Waals surface area contributed by atoms with Crippen LogP contribution in [-0.2, 0) is 28.7 Å². The van der Waals surface area contributed by atoms with Gasteiger partial charge in [-0.25, -0.2) is 4.79 Å². The van der Waals surface area contributed by atoms with Crippen LogP contribution < -0.4 is 5.32 Å². The summed E-state index contributed by atoms with van der Waals surface area (Å²) < 4.78 is 10.3. The Balaban J connectivity index is 4.39. The maximum absolute atomic E-state index is 12.2. The van der Waals surface area contributed by atoms with Crippen molar-refractivity contribution in [3.05, 3.63) is 0 Å². The van der Waals surface area contributed by atoms with E-state index < -0.39 is 47.4 Å². The van der Waals surface area contributed by atoms with Gasteiger partial charge in [0, 0.05) is 17.4 Å². The van der Waals surface area contributed by atoms with Gasteiger partial charge in [-0.3, -0.25) is 14.4 Å². The first-order valence-electron chi connectivity index (χ1n) is 9.15. The van der Waals surface area contributed by atoms with Crippen LogP contribution >= 0.6 is 11.8 Å². The molecule has 0 aromatic heterocycles. The summed E-state index contributed by atoms with van der Waals surface area (Å²) in [6.07, 6.45) is -0.219. The number of carboxylic acid groups (broad SMARTS) is 1. The van der Waals surface area contributed by atoms with Crippen molar-refractivity contribution in [2.75, 3.05) is 11.5 Å². The zero-order chi connectivity index (χ0) is 22.1. The molecule has 0 saturated carbocycles. The molecule has 0 fully saturated rings. The third kappa shape index (κ3) is 13.4. The molecule has 0 aliphatic carbocycles. The number of nitrogens with one attached hydrogen (secondary N) is 1. The van der Waals surface area contributed by atoms with Gasteiger partial charge in [0.25, 0.3) is 0 Å². The number of carbonyl (C=O) groups is 4. The van der Waals surface area contributed by atoms with Gasteiger partial charge >= 0.3 is 17.9 Å². The predicted molar refractivity (Wildman–Crippen MR) is 107 cm³/mol. The molecule has 0 saturated heterocycles. The fourth-order valence-electron chi connectivity index (χ4n) is 1.95. The average Bonchev–Trinajstić information content (AvgIpc) is 2.46.